The number of hydrogen-bond donors (Lipinski definition) is 0. The van der Waals surface area contributed by atoms with Gasteiger partial charge >= 0.3 is 6.16 Å². The molecule has 0 atom stereocenters. The van der Waals surface area contributed by atoms with Crippen LogP contribution in [0.25, 0.3) is 0 Å². The van der Waals surface area contributed by atoms with Crippen LogP contribution in [0.3, 0.4) is 0 Å². The third-order valence-electron chi connectivity index (χ3n) is 1.28. The molecule has 12 heavy (non-hydrogen) atoms. The van der Waals surface area contributed by atoms with Crippen LogP contribution in [-0.2, 0) is 16.2 Å². The first-order valence-corrected chi connectivity index (χ1v) is 3.48. The van der Waals surface area contributed by atoms with Gasteiger partial charge in [0.1, 0.15) is 0 Å². The summed E-state index contributed by atoms with van der Waals surface area (Å²) in [7, 11) is 1.28. The molecule has 0 saturated heterocycles. The lowest BCUT2D eigenvalue weighted by Crippen LogP contribution is -2.34. The van der Waals surface area contributed by atoms with E-state index >= 15 is 0 Å². The van der Waals surface area contributed by atoms with Crippen LogP contribution in [0.1, 0.15) is 0 Å². The average molecular weight is 168 g/mol. The second-order valence-corrected chi connectivity index (χ2v) is 2.12. The topological polar surface area (TPSA) is 39.4 Å². The highest BCUT2D eigenvalue weighted by molar-refractivity contribution is 5.59. The van der Waals surface area contributed by atoms with E-state index in [9.17, 15) is 4.79 Å². The minimum Gasteiger partial charge on any atom is -0.437 e. The molecule has 4 heteroatoms. The van der Waals surface area contributed by atoms with Crippen LogP contribution in [-0.4, -0.2) is 13.3 Å². The van der Waals surface area contributed by atoms with Crippen molar-refractivity contribution in [2.75, 3.05) is 7.11 Å². The van der Waals surface area contributed by atoms with Crippen LogP contribution in [0.15, 0.2) is 30.6 Å². The van der Waals surface area contributed by atoms with Gasteiger partial charge in [-0.15, -0.1) is 0 Å². The molecule has 0 saturated carbocycles. The molecule has 0 aliphatic rings. The van der Waals surface area contributed by atoms with Crippen LogP contribution < -0.4 is 4.57 Å². The fourth-order valence-electron chi connectivity index (χ4n) is 0.707. The largest absolute Gasteiger partial charge is 0.512 e. The monoisotopic (exact) mass is 168 g/mol. The summed E-state index contributed by atoms with van der Waals surface area (Å²) in [4.78, 5) is 10.5. The van der Waals surface area contributed by atoms with E-state index in [2.05, 4.69) is 9.47 Å². The Bertz CT molecular complexity index is 248. The molecular weight excluding hydrogens is 158 g/mol. The molecule has 0 fully saturated rings. The van der Waals surface area contributed by atoms with Gasteiger partial charge in [-0.1, -0.05) is 6.07 Å². The maximum atomic E-state index is 10.5. The Kier molecular flexibility index (Phi) is 3.07. The molecule has 0 radical (unpaired) electrons. The van der Waals surface area contributed by atoms with Crippen LogP contribution in [0.2, 0.25) is 0 Å². The number of ether oxygens (including phenoxy) is 2. The Hall–Kier alpha value is -1.58. The van der Waals surface area contributed by atoms with Crippen molar-refractivity contribution in [3.05, 3.63) is 30.6 Å². The van der Waals surface area contributed by atoms with Crippen LogP contribution in [0.4, 0.5) is 4.79 Å². The van der Waals surface area contributed by atoms with Gasteiger partial charge in [-0.3, -0.25) is 0 Å². The summed E-state index contributed by atoms with van der Waals surface area (Å²) < 4.78 is 10.7. The second kappa shape index (κ2) is 4.33. The summed E-state index contributed by atoms with van der Waals surface area (Å²) in [5.74, 6) is 0. The van der Waals surface area contributed by atoms with E-state index in [1.807, 2.05) is 18.2 Å². The van der Waals surface area contributed by atoms with Crippen LogP contribution >= 0.6 is 0 Å². The van der Waals surface area contributed by atoms with Crippen LogP contribution in [0, 0.1) is 0 Å². The molecule has 1 aromatic heterocycles. The van der Waals surface area contributed by atoms with Crippen molar-refractivity contribution in [2.24, 2.45) is 0 Å². The summed E-state index contributed by atoms with van der Waals surface area (Å²) in [6.07, 6.45) is 2.91. The Morgan fingerprint density at radius 1 is 1.33 bits per heavy atom. The smallest absolute Gasteiger partial charge is 0.437 e. The van der Waals surface area contributed by atoms with Gasteiger partial charge in [-0.05, 0) is 0 Å². The van der Waals surface area contributed by atoms with Crippen molar-refractivity contribution in [2.45, 2.75) is 6.73 Å². The standard InChI is InChI=1S/C8H10NO3/c1-11-8(10)12-7-9-5-3-2-4-6-9/h2-6H,7H2,1H3/q+1. The van der Waals surface area contributed by atoms with Crippen molar-refractivity contribution in [3.63, 3.8) is 0 Å². The zero-order chi connectivity index (χ0) is 8.81. The van der Waals surface area contributed by atoms with Crippen molar-refractivity contribution in [1.29, 1.82) is 0 Å². The Balaban J connectivity index is 2.38. The molecule has 0 spiro atoms. The van der Waals surface area contributed by atoms with E-state index in [1.54, 1.807) is 17.0 Å². The van der Waals surface area contributed by atoms with Crippen LogP contribution in [0.5, 0.6) is 0 Å². The second-order valence-electron chi connectivity index (χ2n) is 2.12. The highest BCUT2D eigenvalue weighted by atomic mass is 16.7. The molecule has 4 nitrogen and oxygen atoms in total. The maximum absolute atomic E-state index is 10.5. The predicted molar refractivity (Wildman–Crippen MR) is 40.1 cm³/mol. The first-order chi connectivity index (χ1) is 5.83. The molecule has 64 valence electrons. The number of aromatic nitrogens is 1. The van der Waals surface area contributed by atoms with Crippen molar-refractivity contribution in [1.82, 2.24) is 0 Å². The molecule has 1 rings (SSSR count). The summed E-state index contributed by atoms with van der Waals surface area (Å²) in [6, 6.07) is 5.58. The lowest BCUT2D eigenvalue weighted by Gasteiger charge is -1.97. The minimum absolute atomic E-state index is 0.174. The van der Waals surface area contributed by atoms with E-state index < -0.39 is 6.16 Å². The fraction of sp³-hybridized carbons (Fsp3) is 0.250. The fourth-order valence-corrected chi connectivity index (χ4v) is 0.707. The molecule has 1 heterocycles. The lowest BCUT2D eigenvalue weighted by molar-refractivity contribution is -0.727. The molecule has 1 aromatic rings. The first-order valence-electron chi connectivity index (χ1n) is 3.48. The Labute approximate surface area is 70.3 Å². The van der Waals surface area contributed by atoms with Crippen molar-refractivity contribution >= 4 is 6.16 Å². The van der Waals surface area contributed by atoms with Gasteiger partial charge in [-0.25, -0.2) is 4.79 Å². The molecule has 0 aliphatic heterocycles. The first kappa shape index (κ1) is 8.52. The van der Waals surface area contributed by atoms with Crippen molar-refractivity contribution in [3.8, 4) is 0 Å². The third kappa shape index (κ3) is 2.57. The number of carbonyl (C=O) groups is 1. The number of nitrogens with zero attached hydrogens (tertiary/aromatic N) is 1. The Morgan fingerprint density at radius 2 is 2.00 bits per heavy atom. The van der Waals surface area contributed by atoms with Gasteiger partial charge < -0.3 is 9.47 Å². The highest BCUT2D eigenvalue weighted by Crippen LogP contribution is 1.82. The molecule has 0 bridgehead atoms. The molecule has 0 unspecified atom stereocenters. The quantitative estimate of drug-likeness (QED) is 0.482. The lowest BCUT2D eigenvalue weighted by atomic mass is 10.5. The number of carbonyl (C=O) groups excluding carboxylic acids is 1. The highest BCUT2D eigenvalue weighted by Gasteiger charge is 2.03. The predicted octanol–water partition coefficient (Wildman–Crippen LogP) is 0.715. The summed E-state index contributed by atoms with van der Waals surface area (Å²) in [6.45, 7) is 0.174. The van der Waals surface area contributed by atoms with Gasteiger partial charge in [0.2, 0.25) is 0 Å². The SMILES string of the molecule is COC(=O)OC[n+]1ccccc1. The van der Waals surface area contributed by atoms with Gasteiger partial charge in [0.15, 0.2) is 12.4 Å². The number of rotatable bonds is 2. The normalized spacial score (nSPS) is 9.08. The zero-order valence-corrected chi connectivity index (χ0v) is 6.77. The summed E-state index contributed by atoms with van der Waals surface area (Å²) >= 11 is 0. The van der Waals surface area contributed by atoms with E-state index in [4.69, 9.17) is 0 Å². The molecule has 0 amide bonds. The van der Waals surface area contributed by atoms with Gasteiger partial charge in [0.25, 0.3) is 6.73 Å². The van der Waals surface area contributed by atoms with Crippen molar-refractivity contribution < 1.29 is 18.8 Å². The summed E-state index contributed by atoms with van der Waals surface area (Å²) in [5.41, 5.74) is 0. The van der Waals surface area contributed by atoms with Gasteiger partial charge in [-0.2, -0.15) is 4.57 Å². The number of pyridine rings is 1. The van der Waals surface area contributed by atoms with E-state index in [0.717, 1.165) is 0 Å². The molecular formula is C8H10NO3+. The third-order valence-corrected chi connectivity index (χ3v) is 1.28. The van der Waals surface area contributed by atoms with Gasteiger partial charge in [0.05, 0.1) is 7.11 Å². The molecule has 0 aliphatic carbocycles. The number of hydrogen-bond acceptors (Lipinski definition) is 3. The minimum atomic E-state index is -0.675. The zero-order valence-electron chi connectivity index (χ0n) is 6.77. The Morgan fingerprint density at radius 3 is 2.58 bits per heavy atom. The molecule has 0 aromatic carbocycles. The average Bonchev–Trinajstić information content (AvgIpc) is 2.16. The van der Waals surface area contributed by atoms with E-state index in [-0.39, 0.29) is 6.73 Å². The molecule has 0 N–H and O–H groups in total. The van der Waals surface area contributed by atoms with E-state index in [1.165, 1.54) is 7.11 Å². The van der Waals surface area contributed by atoms with E-state index in [0.29, 0.717) is 0 Å². The van der Waals surface area contributed by atoms with Gasteiger partial charge in [0, 0.05) is 12.1 Å². The maximum Gasteiger partial charge on any atom is 0.512 e. The number of methoxy groups -OCH3 is 1. The summed E-state index contributed by atoms with van der Waals surface area (Å²) in [5, 5.41) is 0.